The van der Waals surface area contributed by atoms with Crippen LogP contribution in [0.3, 0.4) is 0 Å². The molecule has 3 aromatic rings. The van der Waals surface area contributed by atoms with E-state index in [1.54, 1.807) is 0 Å². The second kappa shape index (κ2) is 15.8. The van der Waals surface area contributed by atoms with Crippen molar-refractivity contribution < 1.29 is 19.1 Å². The minimum atomic E-state index is -0.671. The normalized spacial score (nSPS) is 14.3. The van der Waals surface area contributed by atoms with Crippen LogP contribution in [0.1, 0.15) is 56.2 Å². The summed E-state index contributed by atoms with van der Waals surface area (Å²) in [4.78, 5) is 40.7. The van der Waals surface area contributed by atoms with Crippen molar-refractivity contribution in [3.63, 3.8) is 0 Å². The quantitative estimate of drug-likeness (QED) is 0.301. The van der Waals surface area contributed by atoms with Crippen molar-refractivity contribution in [2.24, 2.45) is 5.92 Å². The number of nitrogens with zero attached hydrogens (tertiary/aromatic N) is 1. The molecule has 0 saturated carbocycles. The Hall–Kier alpha value is -4.13. The first kappa shape index (κ1) is 30.8. The highest BCUT2D eigenvalue weighted by atomic mass is 16.5. The van der Waals surface area contributed by atoms with E-state index in [4.69, 9.17) is 4.74 Å². The number of hydrogen-bond donors (Lipinski definition) is 2. The number of nitrogens with one attached hydrogen (secondary N) is 2. The second-order valence-electron chi connectivity index (χ2n) is 11.4. The van der Waals surface area contributed by atoms with E-state index in [0.29, 0.717) is 39.0 Å². The molecule has 1 unspecified atom stereocenters. The van der Waals surface area contributed by atoms with Crippen molar-refractivity contribution >= 4 is 17.7 Å². The van der Waals surface area contributed by atoms with Gasteiger partial charge in [0.1, 0.15) is 18.4 Å². The van der Waals surface area contributed by atoms with E-state index >= 15 is 0 Å². The zero-order valence-electron chi connectivity index (χ0n) is 24.8. The first-order chi connectivity index (χ1) is 20.4. The third kappa shape index (κ3) is 10.1. The highest BCUT2D eigenvalue weighted by molar-refractivity contribution is 5.88. The van der Waals surface area contributed by atoms with Crippen LogP contribution in [-0.4, -0.2) is 47.8 Å². The van der Waals surface area contributed by atoms with E-state index in [1.165, 1.54) is 5.56 Å². The molecule has 0 radical (unpaired) electrons. The van der Waals surface area contributed by atoms with Crippen LogP contribution in [0.5, 0.6) is 5.75 Å². The van der Waals surface area contributed by atoms with Gasteiger partial charge in [-0.25, -0.2) is 0 Å². The average molecular weight is 570 g/mol. The molecule has 1 aliphatic heterocycles. The first-order valence-corrected chi connectivity index (χ1v) is 15.0. The summed E-state index contributed by atoms with van der Waals surface area (Å²) in [7, 11) is 0. The smallest absolute Gasteiger partial charge is 0.243 e. The Morgan fingerprint density at radius 2 is 1.43 bits per heavy atom. The van der Waals surface area contributed by atoms with Gasteiger partial charge < -0.3 is 20.3 Å². The van der Waals surface area contributed by atoms with Crippen molar-refractivity contribution in [3.05, 3.63) is 102 Å². The van der Waals surface area contributed by atoms with Gasteiger partial charge in [0, 0.05) is 38.4 Å². The molecule has 1 saturated heterocycles. The molecular weight excluding hydrogens is 526 g/mol. The SMILES string of the molecule is CC(C)NC(=O)C(Cc1ccc(OCc2ccccc2)cc1)NC(=O)CC1CCN(C(=O)CCc2ccccc2)CC1. The van der Waals surface area contributed by atoms with Crippen molar-refractivity contribution in [2.45, 2.75) is 71.1 Å². The Morgan fingerprint density at radius 1 is 0.810 bits per heavy atom. The van der Waals surface area contributed by atoms with Gasteiger partial charge in [0.25, 0.3) is 0 Å². The summed E-state index contributed by atoms with van der Waals surface area (Å²) in [5.41, 5.74) is 3.20. The first-order valence-electron chi connectivity index (χ1n) is 15.0. The predicted octanol–water partition coefficient (Wildman–Crippen LogP) is 5.08. The number of carbonyl (C=O) groups is 3. The molecule has 2 N–H and O–H groups in total. The van der Waals surface area contributed by atoms with Crippen LogP contribution in [0.2, 0.25) is 0 Å². The number of aryl methyl sites for hydroxylation is 1. The molecule has 4 rings (SSSR count). The van der Waals surface area contributed by atoms with Gasteiger partial charge in [-0.1, -0.05) is 72.8 Å². The Balaban J connectivity index is 1.25. The van der Waals surface area contributed by atoms with Crippen molar-refractivity contribution in [3.8, 4) is 5.75 Å². The van der Waals surface area contributed by atoms with Gasteiger partial charge in [0.05, 0.1) is 0 Å². The monoisotopic (exact) mass is 569 g/mol. The van der Waals surface area contributed by atoms with Crippen molar-refractivity contribution in [1.29, 1.82) is 0 Å². The molecule has 7 heteroatoms. The number of benzene rings is 3. The fourth-order valence-corrected chi connectivity index (χ4v) is 5.25. The van der Waals surface area contributed by atoms with E-state index in [2.05, 4.69) is 10.6 Å². The predicted molar refractivity (Wildman–Crippen MR) is 165 cm³/mol. The number of ether oxygens (including phenoxy) is 1. The van der Waals surface area contributed by atoms with Gasteiger partial charge in [-0.05, 0) is 67.9 Å². The molecule has 0 bridgehead atoms. The summed E-state index contributed by atoms with van der Waals surface area (Å²) < 4.78 is 5.88. The number of carbonyl (C=O) groups excluding carboxylic acids is 3. The van der Waals surface area contributed by atoms with Gasteiger partial charge in [-0.2, -0.15) is 0 Å². The molecule has 0 spiro atoms. The van der Waals surface area contributed by atoms with Gasteiger partial charge in [0.2, 0.25) is 17.7 Å². The van der Waals surface area contributed by atoms with E-state index in [1.807, 2.05) is 104 Å². The number of piperidine rings is 1. The van der Waals surface area contributed by atoms with E-state index in [0.717, 1.165) is 36.1 Å². The highest BCUT2D eigenvalue weighted by Gasteiger charge is 2.27. The zero-order valence-corrected chi connectivity index (χ0v) is 24.8. The summed E-state index contributed by atoms with van der Waals surface area (Å²) in [5.74, 6) is 0.790. The lowest BCUT2D eigenvalue weighted by atomic mass is 9.92. The lowest BCUT2D eigenvalue weighted by Crippen LogP contribution is -2.50. The molecular formula is C35H43N3O4. The van der Waals surface area contributed by atoms with Gasteiger partial charge in [-0.15, -0.1) is 0 Å². The Kier molecular flexibility index (Phi) is 11.6. The molecule has 42 heavy (non-hydrogen) atoms. The van der Waals surface area contributed by atoms with Gasteiger partial charge in [0.15, 0.2) is 0 Å². The fourth-order valence-electron chi connectivity index (χ4n) is 5.25. The van der Waals surface area contributed by atoms with Crippen LogP contribution >= 0.6 is 0 Å². The van der Waals surface area contributed by atoms with E-state index in [9.17, 15) is 14.4 Å². The largest absolute Gasteiger partial charge is 0.489 e. The summed E-state index contributed by atoms with van der Waals surface area (Å²) in [6.45, 7) is 5.63. The highest BCUT2D eigenvalue weighted by Crippen LogP contribution is 2.22. The van der Waals surface area contributed by atoms with E-state index < -0.39 is 6.04 Å². The van der Waals surface area contributed by atoms with Crippen LogP contribution in [0.4, 0.5) is 0 Å². The molecule has 1 fully saturated rings. The van der Waals surface area contributed by atoms with Crippen LogP contribution in [0.15, 0.2) is 84.9 Å². The molecule has 0 aromatic heterocycles. The van der Waals surface area contributed by atoms with Crippen molar-refractivity contribution in [1.82, 2.24) is 15.5 Å². The molecule has 1 heterocycles. The zero-order chi connectivity index (χ0) is 29.7. The van der Waals surface area contributed by atoms with Gasteiger partial charge in [-0.3, -0.25) is 14.4 Å². The molecule has 3 amide bonds. The lowest BCUT2D eigenvalue weighted by Gasteiger charge is -2.32. The summed E-state index contributed by atoms with van der Waals surface area (Å²) in [6.07, 6.45) is 3.56. The summed E-state index contributed by atoms with van der Waals surface area (Å²) in [5, 5.41) is 5.93. The molecule has 0 aliphatic carbocycles. The lowest BCUT2D eigenvalue weighted by molar-refractivity contribution is -0.133. The Bertz CT molecular complexity index is 1270. The second-order valence-corrected chi connectivity index (χ2v) is 11.4. The molecule has 7 nitrogen and oxygen atoms in total. The number of rotatable bonds is 13. The maximum atomic E-state index is 13.1. The van der Waals surface area contributed by atoms with Crippen LogP contribution < -0.4 is 15.4 Å². The number of likely N-dealkylation sites (tertiary alicyclic amines) is 1. The molecule has 1 atom stereocenters. The number of hydrogen-bond acceptors (Lipinski definition) is 4. The van der Waals surface area contributed by atoms with Gasteiger partial charge >= 0.3 is 0 Å². The maximum absolute atomic E-state index is 13.1. The third-order valence-corrected chi connectivity index (χ3v) is 7.61. The van der Waals surface area contributed by atoms with Crippen LogP contribution in [0, 0.1) is 5.92 Å². The topological polar surface area (TPSA) is 87.7 Å². The third-order valence-electron chi connectivity index (χ3n) is 7.61. The molecule has 1 aliphatic rings. The summed E-state index contributed by atoms with van der Waals surface area (Å²) in [6, 6.07) is 27.0. The summed E-state index contributed by atoms with van der Waals surface area (Å²) >= 11 is 0. The Morgan fingerprint density at radius 3 is 2.05 bits per heavy atom. The van der Waals surface area contributed by atoms with Crippen molar-refractivity contribution in [2.75, 3.05) is 13.1 Å². The minimum absolute atomic E-state index is 0.0329. The average Bonchev–Trinajstić information content (AvgIpc) is 3.00. The Labute approximate surface area is 249 Å². The number of amides is 3. The standard InChI is InChI=1S/C35H43N3O4/c1-26(2)36-35(41)32(23-28-13-16-31(17-14-28)42-25-30-11-7-4-8-12-30)37-33(39)24-29-19-21-38(22-20-29)34(40)18-15-27-9-5-3-6-10-27/h3-14,16-17,26,29,32H,15,18-25H2,1-2H3,(H,36,41)(H,37,39). The maximum Gasteiger partial charge on any atom is 0.243 e. The fraction of sp³-hybridized carbons (Fsp3) is 0.400. The van der Waals surface area contributed by atoms with Crippen LogP contribution in [-0.2, 0) is 33.8 Å². The van der Waals surface area contributed by atoms with Crippen LogP contribution in [0.25, 0.3) is 0 Å². The van der Waals surface area contributed by atoms with E-state index in [-0.39, 0.29) is 29.7 Å². The minimum Gasteiger partial charge on any atom is -0.489 e. The molecule has 222 valence electrons. The molecule has 3 aromatic carbocycles.